The summed E-state index contributed by atoms with van der Waals surface area (Å²) in [6.07, 6.45) is 12.1. The zero-order chi connectivity index (χ0) is 27.0. The van der Waals surface area contributed by atoms with Crippen LogP contribution in [-0.4, -0.2) is 70.8 Å². The first-order valence-corrected chi connectivity index (χ1v) is 12.7. The van der Waals surface area contributed by atoms with E-state index in [1.165, 1.54) is 23.2 Å². The number of aromatic amines is 1. The van der Waals surface area contributed by atoms with Gasteiger partial charge in [-0.1, -0.05) is 30.9 Å². The van der Waals surface area contributed by atoms with Crippen molar-refractivity contribution in [3.8, 4) is 0 Å². The maximum absolute atomic E-state index is 13.6. The van der Waals surface area contributed by atoms with Gasteiger partial charge in [0.05, 0.1) is 11.9 Å². The van der Waals surface area contributed by atoms with E-state index >= 15 is 0 Å². The first-order chi connectivity index (χ1) is 18.3. The molecule has 38 heavy (non-hydrogen) atoms. The van der Waals surface area contributed by atoms with Crippen LogP contribution in [-0.2, 0) is 11.2 Å². The molecule has 5 rings (SSSR count). The molecule has 1 aromatic carbocycles. The zero-order valence-electron chi connectivity index (χ0n) is 21.9. The predicted octanol–water partition coefficient (Wildman–Crippen LogP) is 4.60. The van der Waals surface area contributed by atoms with Crippen molar-refractivity contribution in [2.24, 2.45) is 4.99 Å². The van der Waals surface area contributed by atoms with Crippen molar-refractivity contribution in [1.29, 1.82) is 0 Å². The monoisotopic (exact) mass is 510 g/mol. The van der Waals surface area contributed by atoms with Crippen LogP contribution < -0.4 is 4.48 Å². The number of H-pyrrole nitrogens is 1. The van der Waals surface area contributed by atoms with Gasteiger partial charge in [0.25, 0.3) is 0 Å². The second kappa shape index (κ2) is 9.96. The van der Waals surface area contributed by atoms with E-state index in [2.05, 4.69) is 34.7 Å². The number of aromatic carboxylic acids is 1. The highest BCUT2D eigenvalue weighted by Gasteiger charge is 2.68. The lowest BCUT2D eigenvalue weighted by molar-refractivity contribution is -0.121. The number of likely N-dealkylation sites (N-methyl/N-ethyl adjacent to an activating group) is 1. The molecule has 8 nitrogen and oxygen atoms in total. The number of rotatable bonds is 9. The van der Waals surface area contributed by atoms with E-state index in [1.54, 1.807) is 12.1 Å². The summed E-state index contributed by atoms with van der Waals surface area (Å²) in [5.41, 5.74) is 6.02. The summed E-state index contributed by atoms with van der Waals surface area (Å²) in [5, 5.41) is 10.5. The molecule has 0 saturated carbocycles. The van der Waals surface area contributed by atoms with Gasteiger partial charge in [0.15, 0.2) is 17.8 Å². The normalized spacial score (nSPS) is 22.6. The molecule has 194 valence electrons. The van der Waals surface area contributed by atoms with Gasteiger partial charge in [-0.25, -0.2) is 19.1 Å². The first kappa shape index (κ1) is 25.5. The molecule has 0 bridgehead atoms. The van der Waals surface area contributed by atoms with Crippen LogP contribution in [0.3, 0.4) is 0 Å². The second-order valence-corrected chi connectivity index (χ2v) is 10.1. The molecule has 1 aliphatic carbocycles. The lowest BCUT2D eigenvalue weighted by atomic mass is 9.90. The van der Waals surface area contributed by atoms with Gasteiger partial charge in [0, 0.05) is 60.4 Å². The van der Waals surface area contributed by atoms with Crippen molar-refractivity contribution in [3.63, 3.8) is 0 Å². The van der Waals surface area contributed by atoms with Crippen LogP contribution in [0.1, 0.15) is 35.0 Å². The minimum absolute atomic E-state index is 0.00524. The Labute approximate surface area is 221 Å². The average Bonchev–Trinajstić information content (AvgIpc) is 3.25. The molecule has 3 atom stereocenters. The van der Waals surface area contributed by atoms with Gasteiger partial charge >= 0.3 is 11.9 Å². The Balaban J connectivity index is 1.44. The number of aromatic nitrogens is 2. The number of nitrogens with zero attached hydrogens (tertiary/aromatic N) is 4. The fraction of sp³-hybridized carbons (Fsp3) is 0.267. The molecule has 3 unspecified atom stereocenters. The summed E-state index contributed by atoms with van der Waals surface area (Å²) in [6, 6.07) is 9.38. The van der Waals surface area contributed by atoms with Gasteiger partial charge in [0.2, 0.25) is 0 Å². The van der Waals surface area contributed by atoms with Crippen LogP contribution in [0.2, 0.25) is 0 Å². The summed E-state index contributed by atoms with van der Waals surface area (Å²) in [5.74, 6) is -1.14. The van der Waals surface area contributed by atoms with Crippen molar-refractivity contribution in [2.75, 3.05) is 20.6 Å². The fourth-order valence-corrected chi connectivity index (χ4v) is 5.70. The maximum Gasteiger partial charge on any atom is 0.354 e. The summed E-state index contributed by atoms with van der Waals surface area (Å²) in [7, 11) is 3.89. The molecule has 8 heteroatoms. The molecule has 3 heterocycles. The molecule has 0 radical (unpaired) electrons. The average molecular weight is 511 g/mol. The number of carboxylic acids is 1. The Morgan fingerprint density at radius 1 is 1.29 bits per heavy atom. The zero-order valence-corrected chi connectivity index (χ0v) is 21.9. The Hall–Kier alpha value is -4.14. The molecule has 2 aromatic heterocycles. The van der Waals surface area contributed by atoms with Crippen molar-refractivity contribution < 1.29 is 14.7 Å². The molecular formula is C30H32N5O3+. The highest BCUT2D eigenvalue weighted by atomic mass is 16.4. The minimum atomic E-state index is -1.10. The van der Waals surface area contributed by atoms with Crippen LogP contribution in [0, 0.1) is 0 Å². The third-order valence-electron chi connectivity index (χ3n) is 7.67. The van der Waals surface area contributed by atoms with Gasteiger partial charge in [-0.3, -0.25) is 4.99 Å². The van der Waals surface area contributed by atoms with Gasteiger partial charge in [0.1, 0.15) is 5.69 Å². The SMILES string of the molecule is C=CC1=C(N=CCC2C(C)[N+]2(C(=O)C=CCN(C)C)c2ccc(C(=O)O)nc2)c2c[nH]c3cccc(c23)C1. The third kappa shape index (κ3) is 4.21. The van der Waals surface area contributed by atoms with Crippen LogP contribution in [0.25, 0.3) is 16.6 Å². The van der Waals surface area contributed by atoms with Crippen molar-refractivity contribution in [1.82, 2.24) is 19.4 Å². The minimum Gasteiger partial charge on any atom is -0.477 e. The third-order valence-corrected chi connectivity index (χ3v) is 7.67. The van der Waals surface area contributed by atoms with Gasteiger partial charge in [-0.15, -0.1) is 0 Å². The number of quaternary nitrogens is 1. The summed E-state index contributed by atoms with van der Waals surface area (Å²) >= 11 is 0. The topological polar surface area (TPSA) is 98.7 Å². The van der Waals surface area contributed by atoms with Crippen molar-refractivity contribution in [2.45, 2.75) is 31.8 Å². The quantitative estimate of drug-likeness (QED) is 0.190. The second-order valence-electron chi connectivity index (χ2n) is 10.1. The molecule has 3 aromatic rings. The highest BCUT2D eigenvalue weighted by Crippen LogP contribution is 2.47. The largest absolute Gasteiger partial charge is 0.477 e. The van der Waals surface area contributed by atoms with Crippen molar-refractivity contribution >= 4 is 40.4 Å². The van der Waals surface area contributed by atoms with Crippen LogP contribution in [0.4, 0.5) is 5.69 Å². The smallest absolute Gasteiger partial charge is 0.354 e. The summed E-state index contributed by atoms with van der Waals surface area (Å²) < 4.78 is 0.0907. The van der Waals surface area contributed by atoms with Crippen LogP contribution in [0.5, 0.6) is 0 Å². The Morgan fingerprint density at radius 2 is 2.11 bits per heavy atom. The van der Waals surface area contributed by atoms with E-state index in [9.17, 15) is 14.7 Å². The lowest BCUT2D eigenvalue weighted by Gasteiger charge is -2.17. The van der Waals surface area contributed by atoms with Gasteiger partial charge in [-0.05, 0) is 44.3 Å². The van der Waals surface area contributed by atoms with Crippen molar-refractivity contribution in [3.05, 3.63) is 89.9 Å². The summed E-state index contributed by atoms with van der Waals surface area (Å²) in [4.78, 5) is 39.3. The molecule has 1 saturated heterocycles. The standard InChI is InChI=1S/C30H31N5O3/c1-5-20-16-21-8-6-9-24-28(21)23(18-33-24)29(20)31-14-13-26-19(2)35(26,27(36)10-7-15-34(3)4)22-11-12-25(30(37)38)32-17-22/h5-12,14,17-19,26,33H,1,13,15-16H2,2-4H3/p+1. The molecule has 0 spiro atoms. The predicted molar refractivity (Wildman–Crippen MR) is 151 cm³/mol. The van der Waals surface area contributed by atoms with Crippen LogP contribution >= 0.6 is 0 Å². The number of aliphatic imine (C=N–C) groups is 1. The number of carboxylic acid groups (broad SMARTS) is 1. The Kier molecular flexibility index (Phi) is 6.69. The number of amides is 1. The highest BCUT2D eigenvalue weighted by molar-refractivity contribution is 6.02. The maximum atomic E-state index is 13.6. The van der Waals surface area contributed by atoms with E-state index in [4.69, 9.17) is 4.99 Å². The summed E-state index contributed by atoms with van der Waals surface area (Å²) in [6.45, 7) is 6.71. The lowest BCUT2D eigenvalue weighted by Crippen LogP contribution is -2.37. The number of allylic oxidation sites excluding steroid dienone is 2. The number of pyridine rings is 1. The number of nitrogens with one attached hydrogen (secondary N) is 1. The first-order valence-electron chi connectivity index (χ1n) is 12.7. The van der Waals surface area contributed by atoms with E-state index in [0.29, 0.717) is 18.7 Å². The molecule has 1 fully saturated rings. The number of carbonyl (C=O) groups excluding carboxylic acids is 1. The number of benzene rings is 1. The van der Waals surface area contributed by atoms with Gasteiger partial charge < -0.3 is 15.0 Å². The molecule has 1 aliphatic heterocycles. The number of hydrogen-bond donors (Lipinski definition) is 2. The Bertz CT molecular complexity index is 1510. The molecule has 2 N–H and O–H groups in total. The van der Waals surface area contributed by atoms with Gasteiger partial charge in [-0.2, -0.15) is 0 Å². The van der Waals surface area contributed by atoms with E-state index in [1.807, 2.05) is 50.5 Å². The van der Waals surface area contributed by atoms with E-state index < -0.39 is 5.97 Å². The molecule has 1 amide bonds. The number of hydrogen-bond acceptors (Lipinski definition) is 5. The Morgan fingerprint density at radius 3 is 2.79 bits per heavy atom. The molecule has 2 aliphatic rings. The molecular weight excluding hydrogens is 478 g/mol. The number of carbonyl (C=O) groups is 2. The van der Waals surface area contributed by atoms with E-state index in [0.717, 1.165) is 28.8 Å². The fourth-order valence-electron chi connectivity index (χ4n) is 5.70. The van der Waals surface area contributed by atoms with E-state index in [-0.39, 0.29) is 28.2 Å². The van der Waals surface area contributed by atoms with Crippen LogP contribution in [0.15, 0.2) is 78.1 Å².